The third-order valence-corrected chi connectivity index (χ3v) is 2.72. The first-order valence-corrected chi connectivity index (χ1v) is 6.14. The second kappa shape index (κ2) is 6.54. The fraction of sp³-hybridized carbons (Fsp3) is 0.571. The zero-order valence-electron chi connectivity index (χ0n) is 10.6. The Morgan fingerprint density at radius 1 is 1.38 bits per heavy atom. The molecule has 1 aromatic carbocycles. The molecule has 0 aliphatic carbocycles. The van der Waals surface area contributed by atoms with E-state index in [2.05, 4.69) is 39.0 Å². The number of rotatable bonds is 6. The van der Waals surface area contributed by atoms with Crippen LogP contribution in [0.3, 0.4) is 0 Å². The summed E-state index contributed by atoms with van der Waals surface area (Å²) in [6.45, 7) is 7.07. The number of hydrogen-bond acceptors (Lipinski definition) is 2. The number of benzene rings is 1. The van der Waals surface area contributed by atoms with Gasteiger partial charge in [0, 0.05) is 0 Å². The monoisotopic (exact) mass is 221 g/mol. The molecule has 1 aromatic rings. The number of hydrogen-bond donors (Lipinski definition) is 1. The maximum absolute atomic E-state index is 6.01. The topological polar surface area (TPSA) is 35.2 Å². The van der Waals surface area contributed by atoms with Crippen molar-refractivity contribution in [1.29, 1.82) is 0 Å². The normalized spacial score (nSPS) is 12.5. The summed E-state index contributed by atoms with van der Waals surface area (Å²) in [5.74, 6) is 1.04. The number of ether oxygens (including phenoxy) is 1. The molecule has 1 rings (SSSR count). The molecule has 0 bridgehead atoms. The minimum Gasteiger partial charge on any atom is -0.490 e. The van der Waals surface area contributed by atoms with Crippen molar-refractivity contribution < 1.29 is 4.74 Å². The van der Waals surface area contributed by atoms with Gasteiger partial charge in [-0.05, 0) is 44.4 Å². The Bertz CT molecular complexity index is 323. The third-order valence-electron chi connectivity index (χ3n) is 2.72. The Labute approximate surface area is 98.8 Å². The van der Waals surface area contributed by atoms with E-state index in [4.69, 9.17) is 10.5 Å². The van der Waals surface area contributed by atoms with Crippen molar-refractivity contribution >= 4 is 0 Å². The minimum atomic E-state index is 0.280. The van der Waals surface area contributed by atoms with Crippen LogP contribution in [0.5, 0.6) is 5.75 Å². The molecule has 0 saturated carbocycles. The van der Waals surface area contributed by atoms with Crippen LogP contribution >= 0.6 is 0 Å². The smallest absolute Gasteiger partial charge is 0.125 e. The molecule has 0 heterocycles. The summed E-state index contributed by atoms with van der Waals surface area (Å²) in [6.07, 6.45) is 3.41. The SMILES string of the molecule is CCCC(C)Oc1c(C)cccc1CCN. The van der Waals surface area contributed by atoms with E-state index in [-0.39, 0.29) is 6.10 Å². The first-order chi connectivity index (χ1) is 7.69. The van der Waals surface area contributed by atoms with Crippen molar-refractivity contribution in [3.05, 3.63) is 29.3 Å². The Hall–Kier alpha value is -1.02. The first kappa shape index (κ1) is 13.0. The maximum Gasteiger partial charge on any atom is 0.125 e. The lowest BCUT2D eigenvalue weighted by Gasteiger charge is -2.18. The van der Waals surface area contributed by atoms with E-state index in [0.29, 0.717) is 6.54 Å². The molecule has 1 unspecified atom stereocenters. The van der Waals surface area contributed by atoms with Gasteiger partial charge in [0.15, 0.2) is 0 Å². The summed E-state index contributed by atoms with van der Waals surface area (Å²) >= 11 is 0. The van der Waals surface area contributed by atoms with Crippen LogP contribution in [-0.4, -0.2) is 12.6 Å². The zero-order valence-corrected chi connectivity index (χ0v) is 10.6. The fourth-order valence-corrected chi connectivity index (χ4v) is 1.90. The molecule has 0 amide bonds. The van der Waals surface area contributed by atoms with Crippen molar-refractivity contribution in [3.63, 3.8) is 0 Å². The van der Waals surface area contributed by atoms with Gasteiger partial charge in [-0.3, -0.25) is 0 Å². The number of aryl methyl sites for hydroxylation is 1. The highest BCUT2D eigenvalue weighted by Gasteiger charge is 2.09. The molecule has 0 aromatic heterocycles. The van der Waals surface area contributed by atoms with Gasteiger partial charge in [0.25, 0.3) is 0 Å². The molecular weight excluding hydrogens is 198 g/mol. The van der Waals surface area contributed by atoms with Gasteiger partial charge < -0.3 is 10.5 Å². The third kappa shape index (κ3) is 3.53. The van der Waals surface area contributed by atoms with Gasteiger partial charge in [0.05, 0.1) is 6.10 Å². The number of nitrogens with two attached hydrogens (primary N) is 1. The molecule has 90 valence electrons. The zero-order chi connectivity index (χ0) is 12.0. The minimum absolute atomic E-state index is 0.280. The Kier molecular flexibility index (Phi) is 5.33. The lowest BCUT2D eigenvalue weighted by Crippen LogP contribution is -2.14. The van der Waals surface area contributed by atoms with E-state index in [1.54, 1.807) is 0 Å². The van der Waals surface area contributed by atoms with Crippen LogP contribution in [0.15, 0.2) is 18.2 Å². The summed E-state index contributed by atoms with van der Waals surface area (Å²) in [4.78, 5) is 0. The Morgan fingerprint density at radius 3 is 2.75 bits per heavy atom. The highest BCUT2D eigenvalue weighted by atomic mass is 16.5. The van der Waals surface area contributed by atoms with E-state index in [1.807, 2.05) is 0 Å². The van der Waals surface area contributed by atoms with Crippen LogP contribution in [-0.2, 0) is 6.42 Å². The van der Waals surface area contributed by atoms with E-state index in [9.17, 15) is 0 Å². The van der Waals surface area contributed by atoms with Crippen LogP contribution in [0.4, 0.5) is 0 Å². The molecule has 16 heavy (non-hydrogen) atoms. The molecule has 1 atom stereocenters. The van der Waals surface area contributed by atoms with Gasteiger partial charge in [-0.15, -0.1) is 0 Å². The molecule has 0 saturated heterocycles. The molecule has 0 aliphatic heterocycles. The second-order valence-corrected chi connectivity index (χ2v) is 4.32. The summed E-state index contributed by atoms with van der Waals surface area (Å²) in [5.41, 5.74) is 8.04. The standard InChI is InChI=1S/C14H23NO/c1-4-6-12(3)16-14-11(2)7-5-8-13(14)9-10-15/h5,7-8,12H,4,6,9-10,15H2,1-3H3. The molecule has 0 radical (unpaired) electrons. The predicted octanol–water partition coefficient (Wildman–Crippen LogP) is 3.06. The van der Waals surface area contributed by atoms with Crippen LogP contribution in [0, 0.1) is 6.92 Å². The lowest BCUT2D eigenvalue weighted by atomic mass is 10.1. The highest BCUT2D eigenvalue weighted by Crippen LogP contribution is 2.25. The molecular formula is C14H23NO. The molecule has 0 fully saturated rings. The van der Waals surface area contributed by atoms with Gasteiger partial charge in [0.2, 0.25) is 0 Å². The molecule has 0 spiro atoms. The van der Waals surface area contributed by atoms with Gasteiger partial charge in [0.1, 0.15) is 5.75 Å². The van der Waals surface area contributed by atoms with Crippen molar-refractivity contribution in [3.8, 4) is 5.75 Å². The predicted molar refractivity (Wildman–Crippen MR) is 68.9 cm³/mol. The van der Waals surface area contributed by atoms with Crippen molar-refractivity contribution in [2.75, 3.05) is 6.54 Å². The Morgan fingerprint density at radius 2 is 2.12 bits per heavy atom. The summed E-state index contributed by atoms with van der Waals surface area (Å²) in [7, 11) is 0. The van der Waals surface area contributed by atoms with Gasteiger partial charge in [-0.2, -0.15) is 0 Å². The maximum atomic E-state index is 6.01. The van der Waals surface area contributed by atoms with Gasteiger partial charge in [-0.25, -0.2) is 0 Å². The average Bonchev–Trinajstić information content (AvgIpc) is 2.24. The fourth-order valence-electron chi connectivity index (χ4n) is 1.90. The van der Waals surface area contributed by atoms with Crippen molar-refractivity contribution in [2.45, 2.75) is 46.1 Å². The van der Waals surface area contributed by atoms with Crippen LogP contribution in [0.1, 0.15) is 37.8 Å². The summed E-state index contributed by atoms with van der Waals surface area (Å²) in [6, 6.07) is 6.26. The molecule has 2 nitrogen and oxygen atoms in total. The van der Waals surface area contributed by atoms with E-state index in [1.165, 1.54) is 11.1 Å². The van der Waals surface area contributed by atoms with E-state index < -0.39 is 0 Å². The van der Waals surface area contributed by atoms with Crippen molar-refractivity contribution in [1.82, 2.24) is 0 Å². The van der Waals surface area contributed by atoms with Gasteiger partial charge in [-0.1, -0.05) is 31.5 Å². The van der Waals surface area contributed by atoms with E-state index >= 15 is 0 Å². The molecule has 2 N–H and O–H groups in total. The van der Waals surface area contributed by atoms with Crippen LogP contribution in [0.2, 0.25) is 0 Å². The largest absolute Gasteiger partial charge is 0.490 e. The highest BCUT2D eigenvalue weighted by molar-refractivity contribution is 5.41. The van der Waals surface area contributed by atoms with Crippen molar-refractivity contribution in [2.24, 2.45) is 5.73 Å². The first-order valence-electron chi connectivity index (χ1n) is 6.14. The lowest BCUT2D eigenvalue weighted by molar-refractivity contribution is 0.206. The number of para-hydroxylation sites is 1. The molecule has 2 heteroatoms. The quantitative estimate of drug-likeness (QED) is 0.801. The average molecular weight is 221 g/mol. The van der Waals surface area contributed by atoms with Crippen LogP contribution < -0.4 is 10.5 Å². The summed E-state index contributed by atoms with van der Waals surface area (Å²) < 4.78 is 6.01. The Balaban J connectivity index is 2.83. The molecule has 0 aliphatic rings. The van der Waals surface area contributed by atoms with E-state index in [0.717, 1.165) is 25.0 Å². The second-order valence-electron chi connectivity index (χ2n) is 4.32. The van der Waals surface area contributed by atoms with Crippen LogP contribution in [0.25, 0.3) is 0 Å². The summed E-state index contributed by atoms with van der Waals surface area (Å²) in [5, 5.41) is 0. The van der Waals surface area contributed by atoms with Gasteiger partial charge >= 0.3 is 0 Å².